The van der Waals surface area contributed by atoms with Crippen LogP contribution in [0.2, 0.25) is 0 Å². The molecule has 96 valence electrons. The van der Waals surface area contributed by atoms with Crippen molar-refractivity contribution < 1.29 is 4.79 Å². The first-order valence-corrected chi connectivity index (χ1v) is 5.90. The molecule has 0 aliphatic carbocycles. The van der Waals surface area contributed by atoms with Crippen LogP contribution in [0.1, 0.15) is 17.3 Å². The molecular weight excluding hydrogens is 228 g/mol. The molecule has 0 fully saturated rings. The van der Waals surface area contributed by atoms with Crippen LogP contribution in [0.25, 0.3) is 11.0 Å². The maximum atomic E-state index is 11.3. The van der Waals surface area contributed by atoms with E-state index in [1.54, 1.807) is 13.0 Å². The van der Waals surface area contributed by atoms with Gasteiger partial charge in [0, 0.05) is 18.7 Å². The standard InChI is InChI=1S/C13H18N4O/c1-9(18)10-4-5-12-11(8-10)15-13(14)17(12)7-6-16(2)3/h4-5,8H,6-7H2,1-3H3,(H2,14,15). The Balaban J connectivity index is 2.42. The Kier molecular flexibility index (Phi) is 3.34. The minimum Gasteiger partial charge on any atom is -0.369 e. The van der Waals surface area contributed by atoms with Gasteiger partial charge in [0.1, 0.15) is 0 Å². The molecule has 2 rings (SSSR count). The van der Waals surface area contributed by atoms with Gasteiger partial charge in [0.25, 0.3) is 0 Å². The second-order valence-corrected chi connectivity index (χ2v) is 4.68. The van der Waals surface area contributed by atoms with Gasteiger partial charge in [0.15, 0.2) is 5.78 Å². The maximum Gasteiger partial charge on any atom is 0.201 e. The summed E-state index contributed by atoms with van der Waals surface area (Å²) in [5.41, 5.74) is 8.33. The third-order valence-corrected chi connectivity index (χ3v) is 2.96. The molecule has 1 heterocycles. The van der Waals surface area contributed by atoms with Crippen molar-refractivity contribution in [1.29, 1.82) is 0 Å². The van der Waals surface area contributed by atoms with Gasteiger partial charge in [-0.15, -0.1) is 0 Å². The number of ketones is 1. The van der Waals surface area contributed by atoms with Crippen molar-refractivity contribution in [3.05, 3.63) is 23.8 Å². The second kappa shape index (κ2) is 4.78. The first-order valence-electron chi connectivity index (χ1n) is 5.90. The Morgan fingerprint density at radius 1 is 1.44 bits per heavy atom. The Labute approximate surface area is 106 Å². The Morgan fingerprint density at radius 2 is 2.17 bits per heavy atom. The normalized spacial score (nSPS) is 11.3. The number of carbonyl (C=O) groups is 1. The number of nitrogen functional groups attached to an aromatic ring is 1. The number of likely N-dealkylation sites (N-methyl/N-ethyl adjacent to an activating group) is 1. The fourth-order valence-electron chi connectivity index (χ4n) is 1.90. The average Bonchev–Trinajstić information content (AvgIpc) is 2.60. The van der Waals surface area contributed by atoms with Crippen LogP contribution in [0.3, 0.4) is 0 Å². The minimum absolute atomic E-state index is 0.0401. The lowest BCUT2D eigenvalue weighted by molar-refractivity contribution is 0.101. The maximum absolute atomic E-state index is 11.3. The summed E-state index contributed by atoms with van der Waals surface area (Å²) in [4.78, 5) is 17.7. The van der Waals surface area contributed by atoms with Gasteiger partial charge in [-0.2, -0.15) is 0 Å². The van der Waals surface area contributed by atoms with Crippen molar-refractivity contribution in [1.82, 2.24) is 14.5 Å². The summed E-state index contributed by atoms with van der Waals surface area (Å²) in [5.74, 6) is 0.533. The molecule has 0 saturated heterocycles. The molecule has 1 aromatic carbocycles. The van der Waals surface area contributed by atoms with Crippen LogP contribution in [0.5, 0.6) is 0 Å². The highest BCUT2D eigenvalue weighted by molar-refractivity contribution is 5.97. The highest BCUT2D eigenvalue weighted by Gasteiger charge is 2.10. The molecule has 0 aliphatic heterocycles. The predicted octanol–water partition coefficient (Wildman–Crippen LogP) is 1.38. The fraction of sp³-hybridized carbons (Fsp3) is 0.385. The number of nitrogens with two attached hydrogens (primary N) is 1. The minimum atomic E-state index is 0.0401. The highest BCUT2D eigenvalue weighted by Crippen LogP contribution is 2.19. The van der Waals surface area contributed by atoms with Crippen LogP contribution in [0, 0.1) is 0 Å². The molecule has 0 atom stereocenters. The number of carbonyl (C=O) groups excluding carboxylic acids is 1. The lowest BCUT2D eigenvalue weighted by Crippen LogP contribution is -2.19. The average molecular weight is 246 g/mol. The molecule has 2 N–H and O–H groups in total. The summed E-state index contributed by atoms with van der Waals surface area (Å²) in [6.07, 6.45) is 0. The number of aromatic nitrogens is 2. The number of anilines is 1. The lowest BCUT2D eigenvalue weighted by Gasteiger charge is -2.11. The van der Waals surface area contributed by atoms with E-state index in [1.807, 2.05) is 30.8 Å². The molecule has 0 aliphatic rings. The Morgan fingerprint density at radius 3 is 2.78 bits per heavy atom. The molecule has 5 nitrogen and oxygen atoms in total. The van der Waals surface area contributed by atoms with Gasteiger partial charge in [0.05, 0.1) is 11.0 Å². The van der Waals surface area contributed by atoms with Gasteiger partial charge < -0.3 is 15.2 Å². The molecule has 18 heavy (non-hydrogen) atoms. The van der Waals surface area contributed by atoms with E-state index >= 15 is 0 Å². The van der Waals surface area contributed by atoms with Gasteiger partial charge >= 0.3 is 0 Å². The summed E-state index contributed by atoms with van der Waals surface area (Å²) >= 11 is 0. The third-order valence-electron chi connectivity index (χ3n) is 2.96. The second-order valence-electron chi connectivity index (χ2n) is 4.68. The van der Waals surface area contributed by atoms with Crippen LogP contribution in [0.15, 0.2) is 18.2 Å². The van der Waals surface area contributed by atoms with Gasteiger partial charge in [-0.1, -0.05) is 0 Å². The van der Waals surface area contributed by atoms with Gasteiger partial charge in [-0.05, 0) is 39.2 Å². The Bertz CT molecular complexity index is 586. The van der Waals surface area contributed by atoms with E-state index in [-0.39, 0.29) is 5.78 Å². The number of hydrogen-bond acceptors (Lipinski definition) is 4. The lowest BCUT2D eigenvalue weighted by atomic mass is 10.1. The van der Waals surface area contributed by atoms with E-state index in [0.29, 0.717) is 11.5 Å². The molecule has 0 spiro atoms. The molecule has 0 unspecified atom stereocenters. The smallest absolute Gasteiger partial charge is 0.201 e. The van der Waals surface area contributed by atoms with E-state index in [1.165, 1.54) is 0 Å². The van der Waals surface area contributed by atoms with Gasteiger partial charge in [-0.3, -0.25) is 4.79 Å². The molecule has 5 heteroatoms. The number of Topliss-reactive ketones (excluding diaryl/α,β-unsaturated/α-hetero) is 1. The number of nitrogens with zero attached hydrogens (tertiary/aromatic N) is 3. The number of fused-ring (bicyclic) bond motifs is 1. The number of rotatable bonds is 4. The van der Waals surface area contributed by atoms with Crippen molar-refractivity contribution in [2.75, 3.05) is 26.4 Å². The third kappa shape index (κ3) is 2.36. The van der Waals surface area contributed by atoms with Crippen molar-refractivity contribution in [2.24, 2.45) is 0 Å². The number of hydrogen-bond donors (Lipinski definition) is 1. The van der Waals surface area contributed by atoms with Crippen LogP contribution in [-0.4, -0.2) is 40.9 Å². The predicted molar refractivity (Wildman–Crippen MR) is 72.7 cm³/mol. The SMILES string of the molecule is CC(=O)c1ccc2c(c1)nc(N)n2CCN(C)C. The van der Waals surface area contributed by atoms with E-state index in [4.69, 9.17) is 5.73 Å². The van der Waals surface area contributed by atoms with Crippen molar-refractivity contribution in [2.45, 2.75) is 13.5 Å². The topological polar surface area (TPSA) is 64.2 Å². The first-order chi connectivity index (χ1) is 8.49. The molecule has 0 amide bonds. The van der Waals surface area contributed by atoms with Crippen LogP contribution < -0.4 is 5.73 Å². The zero-order valence-electron chi connectivity index (χ0n) is 11.0. The quantitative estimate of drug-likeness (QED) is 0.828. The summed E-state index contributed by atoms with van der Waals surface area (Å²) in [7, 11) is 4.03. The van der Waals surface area contributed by atoms with Crippen molar-refractivity contribution in [3.8, 4) is 0 Å². The number of imidazole rings is 1. The largest absolute Gasteiger partial charge is 0.369 e. The van der Waals surface area contributed by atoms with E-state index < -0.39 is 0 Å². The van der Waals surface area contributed by atoms with E-state index in [0.717, 1.165) is 24.1 Å². The molecule has 1 aromatic heterocycles. The van der Waals surface area contributed by atoms with Crippen LogP contribution in [-0.2, 0) is 6.54 Å². The summed E-state index contributed by atoms with van der Waals surface area (Å²) in [5, 5.41) is 0. The Hall–Kier alpha value is -1.88. The zero-order chi connectivity index (χ0) is 13.3. The first kappa shape index (κ1) is 12.6. The highest BCUT2D eigenvalue weighted by atomic mass is 16.1. The summed E-state index contributed by atoms with van der Waals surface area (Å²) in [6, 6.07) is 5.52. The zero-order valence-corrected chi connectivity index (χ0v) is 11.0. The van der Waals surface area contributed by atoms with Gasteiger partial charge in [0.2, 0.25) is 5.95 Å². The molecular formula is C13H18N4O. The van der Waals surface area contributed by atoms with Crippen molar-refractivity contribution >= 4 is 22.8 Å². The van der Waals surface area contributed by atoms with Crippen LogP contribution >= 0.6 is 0 Å². The molecule has 2 aromatic rings. The number of benzene rings is 1. The van der Waals surface area contributed by atoms with E-state index in [9.17, 15) is 4.79 Å². The van der Waals surface area contributed by atoms with Crippen LogP contribution in [0.4, 0.5) is 5.95 Å². The molecule has 0 bridgehead atoms. The molecule has 0 saturated carbocycles. The summed E-state index contributed by atoms with van der Waals surface area (Å²) < 4.78 is 1.97. The van der Waals surface area contributed by atoms with Gasteiger partial charge in [-0.25, -0.2) is 4.98 Å². The van der Waals surface area contributed by atoms with E-state index in [2.05, 4.69) is 9.88 Å². The summed E-state index contributed by atoms with van der Waals surface area (Å²) in [6.45, 7) is 3.23. The monoisotopic (exact) mass is 246 g/mol. The fourth-order valence-corrected chi connectivity index (χ4v) is 1.90. The van der Waals surface area contributed by atoms with Crippen molar-refractivity contribution in [3.63, 3.8) is 0 Å². The molecule has 0 radical (unpaired) electrons.